The molecule has 26 heavy (non-hydrogen) atoms. The maximum Gasteiger partial charge on any atom is 0.244 e. The fourth-order valence-corrected chi connectivity index (χ4v) is 5.03. The molecule has 2 amide bonds. The van der Waals surface area contributed by atoms with Crippen molar-refractivity contribution in [1.82, 2.24) is 10.2 Å². The van der Waals surface area contributed by atoms with Crippen molar-refractivity contribution in [2.75, 3.05) is 24.6 Å². The van der Waals surface area contributed by atoms with Crippen molar-refractivity contribution in [2.45, 2.75) is 30.0 Å². The van der Waals surface area contributed by atoms with Crippen molar-refractivity contribution in [1.29, 1.82) is 0 Å². The molecule has 0 aromatic heterocycles. The van der Waals surface area contributed by atoms with Gasteiger partial charge in [-0.25, -0.2) is 8.42 Å². The van der Waals surface area contributed by atoms with Crippen molar-refractivity contribution in [3.8, 4) is 0 Å². The minimum atomic E-state index is -3.06. The fraction of sp³-hybridized carbons (Fsp3) is 0.500. The minimum Gasteiger partial charge on any atom is -0.344 e. The normalized spacial score (nSPS) is 18.8. The van der Waals surface area contributed by atoms with Gasteiger partial charge < -0.3 is 10.2 Å². The van der Waals surface area contributed by atoms with Gasteiger partial charge in [-0.15, -0.1) is 11.8 Å². The summed E-state index contributed by atoms with van der Waals surface area (Å²) in [6.45, 7) is 3.61. The lowest BCUT2D eigenvalue weighted by atomic mass is 10.2. The lowest BCUT2D eigenvalue weighted by molar-refractivity contribution is -0.135. The molecule has 1 aliphatic rings. The van der Waals surface area contributed by atoms with Crippen LogP contribution in [0.1, 0.15) is 13.8 Å². The molecule has 6 nitrogen and oxygen atoms in total. The lowest BCUT2D eigenvalue weighted by Crippen LogP contribution is -2.52. The largest absolute Gasteiger partial charge is 0.344 e. The van der Waals surface area contributed by atoms with Gasteiger partial charge in [0.25, 0.3) is 0 Å². The molecule has 10 heteroatoms. The predicted molar refractivity (Wildman–Crippen MR) is 105 cm³/mol. The Morgan fingerprint density at radius 3 is 2.42 bits per heavy atom. The van der Waals surface area contributed by atoms with Crippen LogP contribution >= 0.6 is 35.0 Å². The van der Waals surface area contributed by atoms with Crippen molar-refractivity contribution in [2.24, 2.45) is 0 Å². The average Bonchev–Trinajstić information content (AvgIpc) is 2.57. The topological polar surface area (TPSA) is 83.6 Å². The monoisotopic (exact) mass is 438 g/mol. The number of hydrogen-bond donors (Lipinski definition) is 1. The molecule has 0 spiro atoms. The van der Waals surface area contributed by atoms with E-state index in [0.29, 0.717) is 14.9 Å². The van der Waals surface area contributed by atoms with Gasteiger partial charge in [-0.2, -0.15) is 0 Å². The molecule has 144 valence electrons. The number of nitrogens with zero attached hydrogens (tertiary/aromatic N) is 1. The standard InChI is InChI=1S/C16H20Cl2N2O4S2/c1-10(16(22)20-5-7-26(23,24)8-6-20)19-15(21)11(2)25-14-9-12(17)3-4-13(14)18/h3-4,9-11H,5-8H2,1-2H3,(H,19,21). The van der Waals surface area contributed by atoms with Gasteiger partial charge >= 0.3 is 0 Å². The zero-order valence-electron chi connectivity index (χ0n) is 14.4. The van der Waals surface area contributed by atoms with Gasteiger partial charge in [0, 0.05) is 23.0 Å². The van der Waals surface area contributed by atoms with Crippen molar-refractivity contribution in [3.05, 3.63) is 28.2 Å². The van der Waals surface area contributed by atoms with Crippen molar-refractivity contribution < 1.29 is 18.0 Å². The summed E-state index contributed by atoms with van der Waals surface area (Å²) in [7, 11) is -3.06. The second-order valence-corrected chi connectivity index (χ2v) is 10.6. The quantitative estimate of drug-likeness (QED) is 0.712. The molecule has 1 aliphatic heterocycles. The maximum atomic E-state index is 12.4. The summed E-state index contributed by atoms with van der Waals surface area (Å²) in [5.41, 5.74) is 0. The Morgan fingerprint density at radius 2 is 1.81 bits per heavy atom. The summed E-state index contributed by atoms with van der Waals surface area (Å²) in [4.78, 5) is 26.9. The SMILES string of the molecule is CC(NC(=O)C(C)Sc1cc(Cl)ccc1Cl)C(=O)N1CCS(=O)(=O)CC1. The number of benzene rings is 1. The molecule has 1 aromatic rings. The van der Waals surface area contributed by atoms with Gasteiger partial charge in [-0.1, -0.05) is 23.2 Å². The van der Waals surface area contributed by atoms with Gasteiger partial charge in [0.05, 0.1) is 21.8 Å². The van der Waals surface area contributed by atoms with Crippen LogP contribution in [0.2, 0.25) is 10.0 Å². The Bertz CT molecular complexity index is 787. The number of carbonyl (C=O) groups is 2. The second kappa shape index (κ2) is 8.82. The number of rotatable bonds is 5. The highest BCUT2D eigenvalue weighted by Gasteiger charge is 2.29. The van der Waals surface area contributed by atoms with E-state index in [1.165, 1.54) is 16.7 Å². The number of carbonyl (C=O) groups excluding carboxylic acids is 2. The van der Waals surface area contributed by atoms with E-state index in [-0.39, 0.29) is 36.4 Å². The molecule has 1 heterocycles. The van der Waals surface area contributed by atoms with Gasteiger partial charge in [-0.3, -0.25) is 9.59 Å². The van der Waals surface area contributed by atoms with Crippen molar-refractivity contribution >= 4 is 56.6 Å². The van der Waals surface area contributed by atoms with Crippen LogP contribution in [-0.4, -0.2) is 61.0 Å². The van der Waals surface area contributed by atoms with Crippen LogP contribution in [0.3, 0.4) is 0 Å². The fourth-order valence-electron chi connectivity index (χ4n) is 2.41. The highest BCUT2D eigenvalue weighted by molar-refractivity contribution is 8.00. The minimum absolute atomic E-state index is 0.0427. The predicted octanol–water partition coefficient (Wildman–Crippen LogP) is 2.24. The average molecular weight is 439 g/mol. The maximum absolute atomic E-state index is 12.4. The first-order valence-corrected chi connectivity index (χ1v) is 11.5. The van der Waals surface area contributed by atoms with Crippen LogP contribution in [0.15, 0.2) is 23.1 Å². The van der Waals surface area contributed by atoms with Crippen LogP contribution < -0.4 is 5.32 Å². The number of thioether (sulfide) groups is 1. The molecular formula is C16H20Cl2N2O4S2. The number of sulfone groups is 1. The van der Waals surface area contributed by atoms with Crippen LogP contribution in [0.5, 0.6) is 0 Å². The van der Waals surface area contributed by atoms with E-state index in [1.807, 2.05) is 0 Å². The summed E-state index contributed by atoms with van der Waals surface area (Å²) < 4.78 is 22.9. The van der Waals surface area contributed by atoms with Gasteiger partial charge in [0.15, 0.2) is 9.84 Å². The third-order valence-electron chi connectivity index (χ3n) is 3.95. The van der Waals surface area contributed by atoms with E-state index in [9.17, 15) is 18.0 Å². The Hall–Kier alpha value is -0.960. The first kappa shape index (κ1) is 21.3. The summed E-state index contributed by atoms with van der Waals surface area (Å²) >= 11 is 13.3. The zero-order valence-corrected chi connectivity index (χ0v) is 17.5. The number of nitrogens with one attached hydrogen (secondary N) is 1. The molecule has 1 fully saturated rings. The molecule has 0 aliphatic carbocycles. The molecule has 1 saturated heterocycles. The second-order valence-electron chi connectivity index (χ2n) is 6.04. The third-order valence-corrected chi connectivity index (χ3v) is 7.40. The number of hydrogen-bond acceptors (Lipinski definition) is 5. The molecule has 0 bridgehead atoms. The van der Waals surface area contributed by atoms with Gasteiger partial charge in [-0.05, 0) is 32.0 Å². The summed E-state index contributed by atoms with van der Waals surface area (Å²) in [6, 6.07) is 4.27. The van der Waals surface area contributed by atoms with Crippen molar-refractivity contribution in [3.63, 3.8) is 0 Å². The summed E-state index contributed by atoms with van der Waals surface area (Å²) in [5, 5.41) is 3.21. The summed E-state index contributed by atoms with van der Waals surface area (Å²) in [5.74, 6) is -0.680. The highest BCUT2D eigenvalue weighted by atomic mass is 35.5. The molecule has 2 rings (SSSR count). The molecule has 1 aromatic carbocycles. The van der Waals surface area contributed by atoms with E-state index in [4.69, 9.17) is 23.2 Å². The van der Waals surface area contributed by atoms with E-state index in [2.05, 4.69) is 5.32 Å². The first-order valence-electron chi connectivity index (χ1n) is 8.00. The van der Waals surface area contributed by atoms with Crippen LogP contribution in [0.25, 0.3) is 0 Å². The van der Waals surface area contributed by atoms with E-state index < -0.39 is 21.1 Å². The first-order chi connectivity index (χ1) is 12.1. The third kappa shape index (κ3) is 5.77. The van der Waals surface area contributed by atoms with E-state index >= 15 is 0 Å². The molecule has 2 unspecified atom stereocenters. The Balaban J connectivity index is 1.91. The molecule has 0 radical (unpaired) electrons. The molecule has 1 N–H and O–H groups in total. The lowest BCUT2D eigenvalue weighted by Gasteiger charge is -2.29. The highest BCUT2D eigenvalue weighted by Crippen LogP contribution is 2.32. The number of amides is 2. The number of halogens is 2. The smallest absolute Gasteiger partial charge is 0.244 e. The zero-order chi connectivity index (χ0) is 19.5. The Kier molecular flexibility index (Phi) is 7.24. The van der Waals surface area contributed by atoms with Crippen LogP contribution in [0.4, 0.5) is 0 Å². The Morgan fingerprint density at radius 1 is 1.19 bits per heavy atom. The Labute approximate surface area is 167 Å². The van der Waals surface area contributed by atoms with Gasteiger partial charge in [0.1, 0.15) is 6.04 Å². The van der Waals surface area contributed by atoms with E-state index in [0.717, 1.165) is 0 Å². The van der Waals surface area contributed by atoms with Gasteiger partial charge in [0.2, 0.25) is 11.8 Å². The molecule has 0 saturated carbocycles. The van der Waals surface area contributed by atoms with E-state index in [1.54, 1.807) is 32.0 Å². The summed E-state index contributed by atoms with van der Waals surface area (Å²) in [6.07, 6.45) is 0. The van der Waals surface area contributed by atoms with Crippen LogP contribution in [0, 0.1) is 0 Å². The molecule has 2 atom stereocenters. The van der Waals surface area contributed by atoms with Crippen LogP contribution in [-0.2, 0) is 19.4 Å². The molecular weight excluding hydrogens is 419 g/mol.